The summed E-state index contributed by atoms with van der Waals surface area (Å²) in [6.45, 7) is 9.89. The first-order chi connectivity index (χ1) is 9.66. The molecule has 0 saturated carbocycles. The highest BCUT2D eigenvalue weighted by Crippen LogP contribution is 2.19. The minimum absolute atomic E-state index is 0.0736. The van der Waals surface area contributed by atoms with Crippen molar-refractivity contribution in [3.63, 3.8) is 0 Å². The van der Waals surface area contributed by atoms with Gasteiger partial charge in [-0.05, 0) is 20.3 Å². The van der Waals surface area contributed by atoms with Gasteiger partial charge in [0.2, 0.25) is 0 Å². The van der Waals surface area contributed by atoms with Gasteiger partial charge in [0.1, 0.15) is 0 Å². The second-order valence-corrected chi connectivity index (χ2v) is 5.80. The maximum absolute atomic E-state index is 12.5. The third kappa shape index (κ3) is 2.45. The quantitative estimate of drug-likeness (QED) is 0.807. The van der Waals surface area contributed by atoms with E-state index in [0.717, 1.165) is 56.9 Å². The molecule has 0 spiro atoms. The Kier molecular flexibility index (Phi) is 3.76. The van der Waals surface area contributed by atoms with Crippen LogP contribution in [0.1, 0.15) is 28.2 Å². The van der Waals surface area contributed by atoms with Crippen LogP contribution in [-0.2, 0) is 0 Å². The second-order valence-electron chi connectivity index (χ2n) is 5.80. The zero-order chi connectivity index (χ0) is 14.1. The lowest BCUT2D eigenvalue weighted by molar-refractivity contribution is 0.0767. The van der Waals surface area contributed by atoms with Crippen molar-refractivity contribution < 1.29 is 4.79 Å². The molecule has 2 aliphatic rings. The summed E-state index contributed by atoms with van der Waals surface area (Å²) in [5.74, 6) is 0.0736. The normalized spacial score (nSPS) is 24.3. The van der Waals surface area contributed by atoms with Crippen LogP contribution in [0.25, 0.3) is 0 Å². The molecule has 1 aromatic rings. The largest absolute Gasteiger partial charge is 0.336 e. The van der Waals surface area contributed by atoms with E-state index < -0.39 is 0 Å². The summed E-state index contributed by atoms with van der Waals surface area (Å²) in [4.78, 5) is 17.0. The van der Waals surface area contributed by atoms with Crippen LogP contribution in [-0.4, -0.2) is 71.2 Å². The maximum atomic E-state index is 12.5. The molecule has 2 N–H and O–H groups in total. The molecule has 2 aliphatic heterocycles. The monoisotopic (exact) mass is 277 g/mol. The number of aromatic nitrogens is 2. The number of piperazine rings is 1. The minimum atomic E-state index is 0.0736. The average molecular weight is 277 g/mol. The van der Waals surface area contributed by atoms with Crippen LogP contribution in [0.2, 0.25) is 0 Å². The summed E-state index contributed by atoms with van der Waals surface area (Å²) in [6.07, 6.45) is 1.08. The molecule has 0 aliphatic carbocycles. The Morgan fingerprint density at radius 1 is 1.25 bits per heavy atom. The summed E-state index contributed by atoms with van der Waals surface area (Å²) in [7, 11) is 0. The summed E-state index contributed by atoms with van der Waals surface area (Å²) < 4.78 is 0. The fourth-order valence-electron chi connectivity index (χ4n) is 3.11. The van der Waals surface area contributed by atoms with Crippen LogP contribution < -0.4 is 5.32 Å². The van der Waals surface area contributed by atoms with Gasteiger partial charge in [-0.3, -0.25) is 14.8 Å². The number of aromatic amines is 1. The van der Waals surface area contributed by atoms with E-state index in [1.807, 2.05) is 18.7 Å². The second kappa shape index (κ2) is 5.54. The van der Waals surface area contributed by atoms with Crippen molar-refractivity contribution in [3.05, 3.63) is 17.0 Å². The van der Waals surface area contributed by atoms with Crippen molar-refractivity contribution in [3.8, 4) is 0 Å². The molecular weight excluding hydrogens is 254 g/mol. The third-order valence-corrected chi connectivity index (χ3v) is 4.57. The van der Waals surface area contributed by atoms with E-state index in [1.54, 1.807) is 0 Å². The zero-order valence-electron chi connectivity index (χ0n) is 12.3. The smallest absolute Gasteiger partial charge is 0.274 e. The van der Waals surface area contributed by atoms with E-state index in [4.69, 9.17) is 0 Å². The van der Waals surface area contributed by atoms with Gasteiger partial charge in [0.25, 0.3) is 5.91 Å². The highest BCUT2D eigenvalue weighted by atomic mass is 16.2. The Morgan fingerprint density at radius 2 is 2.00 bits per heavy atom. The van der Waals surface area contributed by atoms with Crippen molar-refractivity contribution in [2.45, 2.75) is 26.3 Å². The van der Waals surface area contributed by atoms with E-state index in [2.05, 4.69) is 20.4 Å². The van der Waals surface area contributed by atoms with Crippen LogP contribution in [0.3, 0.4) is 0 Å². The number of hydrogen-bond acceptors (Lipinski definition) is 4. The summed E-state index contributed by atoms with van der Waals surface area (Å²) in [5, 5.41) is 10.4. The zero-order valence-corrected chi connectivity index (χ0v) is 12.3. The molecule has 1 aromatic heterocycles. The number of carbonyl (C=O) groups is 1. The predicted octanol–water partition coefficient (Wildman–Crippen LogP) is 0.146. The lowest BCUT2D eigenvalue weighted by atomic mass is 10.2. The van der Waals surface area contributed by atoms with E-state index in [1.165, 1.54) is 0 Å². The van der Waals surface area contributed by atoms with Crippen molar-refractivity contribution in [1.29, 1.82) is 0 Å². The standard InChI is InChI=1S/C14H23N5O/c1-10-11(2)16-17-13(10)14(20)19-6-3-12(9-19)18-7-4-15-5-8-18/h12,15H,3-9H2,1-2H3,(H,16,17). The number of aryl methyl sites for hydroxylation is 1. The van der Waals surface area contributed by atoms with Gasteiger partial charge in [-0.2, -0.15) is 5.10 Å². The van der Waals surface area contributed by atoms with Gasteiger partial charge in [0, 0.05) is 56.6 Å². The van der Waals surface area contributed by atoms with Crippen LogP contribution in [0.4, 0.5) is 0 Å². The van der Waals surface area contributed by atoms with Crippen LogP contribution in [0.15, 0.2) is 0 Å². The van der Waals surface area contributed by atoms with E-state index >= 15 is 0 Å². The molecule has 110 valence electrons. The SMILES string of the molecule is Cc1[nH]nc(C(=O)N2CCC(N3CCNCC3)C2)c1C. The molecule has 6 nitrogen and oxygen atoms in total. The number of carbonyl (C=O) groups excluding carboxylic acids is 1. The van der Waals surface area contributed by atoms with Crippen LogP contribution in [0.5, 0.6) is 0 Å². The first-order valence-corrected chi connectivity index (χ1v) is 7.42. The number of nitrogens with zero attached hydrogens (tertiary/aromatic N) is 3. The lowest BCUT2D eigenvalue weighted by Crippen LogP contribution is -2.49. The number of hydrogen-bond donors (Lipinski definition) is 2. The number of H-pyrrole nitrogens is 1. The molecule has 3 rings (SSSR count). The van der Waals surface area contributed by atoms with Crippen LogP contribution in [0, 0.1) is 13.8 Å². The number of rotatable bonds is 2. The fourth-order valence-corrected chi connectivity index (χ4v) is 3.11. The topological polar surface area (TPSA) is 64.3 Å². The van der Waals surface area contributed by atoms with Crippen LogP contribution >= 0.6 is 0 Å². The summed E-state index contributed by atoms with van der Waals surface area (Å²) in [5.41, 5.74) is 2.54. The number of likely N-dealkylation sites (tertiary alicyclic amines) is 1. The van der Waals surface area contributed by atoms with Crippen molar-refractivity contribution in [2.24, 2.45) is 0 Å². The maximum Gasteiger partial charge on any atom is 0.274 e. The Balaban J connectivity index is 1.64. The first-order valence-electron chi connectivity index (χ1n) is 7.42. The average Bonchev–Trinajstić information content (AvgIpc) is 3.08. The number of nitrogens with one attached hydrogen (secondary N) is 2. The molecule has 20 heavy (non-hydrogen) atoms. The van der Waals surface area contributed by atoms with E-state index in [-0.39, 0.29) is 5.91 Å². The van der Waals surface area contributed by atoms with Gasteiger partial charge in [0.15, 0.2) is 5.69 Å². The molecule has 1 amide bonds. The molecular formula is C14H23N5O. The van der Waals surface area contributed by atoms with Crippen molar-refractivity contribution in [2.75, 3.05) is 39.3 Å². The highest BCUT2D eigenvalue weighted by Gasteiger charge is 2.32. The molecule has 1 atom stereocenters. The van der Waals surface area contributed by atoms with Gasteiger partial charge in [-0.1, -0.05) is 0 Å². The van der Waals surface area contributed by atoms with Gasteiger partial charge < -0.3 is 10.2 Å². The van der Waals surface area contributed by atoms with Gasteiger partial charge in [-0.15, -0.1) is 0 Å². The summed E-state index contributed by atoms with van der Waals surface area (Å²) in [6, 6.07) is 0.515. The minimum Gasteiger partial charge on any atom is -0.336 e. The first kappa shape index (κ1) is 13.6. The molecule has 0 radical (unpaired) electrons. The molecule has 2 fully saturated rings. The van der Waals surface area contributed by atoms with E-state index in [0.29, 0.717) is 11.7 Å². The lowest BCUT2D eigenvalue weighted by Gasteiger charge is -2.32. The van der Waals surface area contributed by atoms with Gasteiger partial charge in [0.05, 0.1) is 0 Å². The Labute approximate surface area is 119 Å². The van der Waals surface area contributed by atoms with Crippen molar-refractivity contribution >= 4 is 5.91 Å². The van der Waals surface area contributed by atoms with Gasteiger partial charge >= 0.3 is 0 Å². The molecule has 6 heteroatoms. The number of amides is 1. The molecule has 2 saturated heterocycles. The van der Waals surface area contributed by atoms with Crippen molar-refractivity contribution in [1.82, 2.24) is 25.3 Å². The fraction of sp³-hybridized carbons (Fsp3) is 0.714. The Hall–Kier alpha value is -1.40. The molecule has 3 heterocycles. The molecule has 0 bridgehead atoms. The Bertz CT molecular complexity index is 492. The van der Waals surface area contributed by atoms with Gasteiger partial charge in [-0.25, -0.2) is 0 Å². The third-order valence-electron chi connectivity index (χ3n) is 4.57. The summed E-state index contributed by atoms with van der Waals surface area (Å²) >= 11 is 0. The molecule has 1 unspecified atom stereocenters. The Morgan fingerprint density at radius 3 is 2.65 bits per heavy atom. The molecule has 0 aromatic carbocycles. The van der Waals surface area contributed by atoms with E-state index in [9.17, 15) is 4.79 Å². The highest BCUT2D eigenvalue weighted by molar-refractivity contribution is 5.94. The predicted molar refractivity (Wildman–Crippen MR) is 76.8 cm³/mol.